The summed E-state index contributed by atoms with van der Waals surface area (Å²) in [4.78, 5) is 14.9. The van der Waals surface area contributed by atoms with Crippen LogP contribution < -0.4 is 5.32 Å². The van der Waals surface area contributed by atoms with Crippen molar-refractivity contribution in [2.24, 2.45) is 0 Å². The molecule has 4 heteroatoms. The number of carbonyl (C=O) groups is 1. The quantitative estimate of drug-likeness (QED) is 0.844. The summed E-state index contributed by atoms with van der Waals surface area (Å²) >= 11 is 3.28. The van der Waals surface area contributed by atoms with Gasteiger partial charge in [-0.15, -0.1) is 0 Å². The maximum Gasteiger partial charge on any atom is 0.224 e. The summed E-state index contributed by atoms with van der Waals surface area (Å²) in [6.45, 7) is 1.81. The molecular formula is C8H9BrN2O. The second-order valence-electron chi connectivity index (χ2n) is 2.26. The van der Waals surface area contributed by atoms with E-state index in [0.29, 0.717) is 6.42 Å². The van der Waals surface area contributed by atoms with Crippen LogP contribution in [0, 0.1) is 0 Å². The Balaban J connectivity index is 2.75. The number of nitrogens with one attached hydrogen (secondary N) is 1. The van der Waals surface area contributed by atoms with Crippen LogP contribution in [0.25, 0.3) is 0 Å². The number of hydrogen-bond donors (Lipinski definition) is 1. The Kier molecular flexibility index (Phi) is 3.22. The molecule has 64 valence electrons. The Morgan fingerprint density at radius 3 is 3.08 bits per heavy atom. The molecule has 1 rings (SSSR count). The molecule has 0 unspecified atom stereocenters. The molecule has 0 radical (unpaired) electrons. The van der Waals surface area contributed by atoms with Gasteiger partial charge in [-0.3, -0.25) is 9.78 Å². The summed E-state index contributed by atoms with van der Waals surface area (Å²) < 4.78 is 0.798. The van der Waals surface area contributed by atoms with E-state index >= 15 is 0 Å². The number of hydrogen-bond acceptors (Lipinski definition) is 2. The molecular weight excluding hydrogens is 220 g/mol. The van der Waals surface area contributed by atoms with Crippen LogP contribution in [0.15, 0.2) is 22.9 Å². The molecule has 1 N–H and O–H groups in total. The average Bonchev–Trinajstić information content (AvgIpc) is 2.09. The molecule has 0 aliphatic heterocycles. The van der Waals surface area contributed by atoms with Crippen molar-refractivity contribution >= 4 is 27.5 Å². The van der Waals surface area contributed by atoms with Gasteiger partial charge in [-0.25, -0.2) is 0 Å². The van der Waals surface area contributed by atoms with Gasteiger partial charge in [0.1, 0.15) is 0 Å². The summed E-state index contributed by atoms with van der Waals surface area (Å²) in [5.41, 5.74) is 0.761. The van der Waals surface area contributed by atoms with Crippen molar-refractivity contribution in [3.05, 3.63) is 22.9 Å². The highest BCUT2D eigenvalue weighted by molar-refractivity contribution is 9.10. The van der Waals surface area contributed by atoms with Crippen LogP contribution in [-0.2, 0) is 4.79 Å². The van der Waals surface area contributed by atoms with E-state index in [4.69, 9.17) is 0 Å². The highest BCUT2D eigenvalue weighted by Gasteiger charge is 2.01. The van der Waals surface area contributed by atoms with Crippen molar-refractivity contribution in [1.29, 1.82) is 0 Å². The van der Waals surface area contributed by atoms with Crippen LogP contribution in [0.2, 0.25) is 0 Å². The van der Waals surface area contributed by atoms with Gasteiger partial charge in [0.15, 0.2) is 0 Å². The Morgan fingerprint density at radius 1 is 1.75 bits per heavy atom. The third-order valence-electron chi connectivity index (χ3n) is 1.37. The lowest BCUT2D eigenvalue weighted by Gasteiger charge is -2.03. The third-order valence-corrected chi connectivity index (χ3v) is 2.00. The van der Waals surface area contributed by atoms with E-state index in [-0.39, 0.29) is 5.91 Å². The molecule has 0 spiro atoms. The predicted molar refractivity (Wildman–Crippen MR) is 50.9 cm³/mol. The van der Waals surface area contributed by atoms with E-state index in [2.05, 4.69) is 26.2 Å². The number of halogens is 1. The number of carbonyl (C=O) groups excluding carboxylic acids is 1. The largest absolute Gasteiger partial charge is 0.325 e. The lowest BCUT2D eigenvalue weighted by atomic mass is 10.4. The van der Waals surface area contributed by atoms with Gasteiger partial charge in [-0.2, -0.15) is 0 Å². The molecule has 3 nitrogen and oxygen atoms in total. The number of pyridine rings is 1. The van der Waals surface area contributed by atoms with Gasteiger partial charge in [0, 0.05) is 18.8 Å². The lowest BCUT2D eigenvalue weighted by Crippen LogP contribution is -2.09. The minimum absolute atomic E-state index is 0.00176. The van der Waals surface area contributed by atoms with E-state index in [0.717, 1.165) is 10.2 Å². The zero-order chi connectivity index (χ0) is 8.97. The Hall–Kier alpha value is -0.900. The van der Waals surface area contributed by atoms with Gasteiger partial charge in [0.2, 0.25) is 5.91 Å². The van der Waals surface area contributed by atoms with Crippen LogP contribution in [0.3, 0.4) is 0 Å². The third kappa shape index (κ3) is 2.30. The SMILES string of the molecule is CCC(=O)Nc1ccncc1Br. The van der Waals surface area contributed by atoms with Crippen molar-refractivity contribution < 1.29 is 4.79 Å². The Labute approximate surface area is 79.3 Å². The Morgan fingerprint density at radius 2 is 2.50 bits per heavy atom. The summed E-state index contributed by atoms with van der Waals surface area (Å²) in [5.74, 6) is 0.00176. The van der Waals surface area contributed by atoms with E-state index in [1.807, 2.05) is 6.92 Å². The lowest BCUT2D eigenvalue weighted by molar-refractivity contribution is -0.115. The molecule has 0 fully saturated rings. The predicted octanol–water partition coefficient (Wildman–Crippen LogP) is 2.19. The summed E-state index contributed by atoms with van der Waals surface area (Å²) in [5, 5.41) is 2.73. The standard InChI is InChI=1S/C8H9BrN2O/c1-2-8(12)11-7-3-4-10-5-6(7)9/h3-5H,2H2,1H3,(H,10,11,12). The first-order chi connectivity index (χ1) is 5.74. The monoisotopic (exact) mass is 228 g/mol. The fourth-order valence-electron chi connectivity index (χ4n) is 0.715. The molecule has 1 aromatic heterocycles. The van der Waals surface area contributed by atoms with Crippen molar-refractivity contribution in [2.45, 2.75) is 13.3 Å². The maximum atomic E-state index is 11.0. The number of anilines is 1. The molecule has 12 heavy (non-hydrogen) atoms. The van der Waals surface area contributed by atoms with E-state index in [1.54, 1.807) is 18.5 Å². The van der Waals surface area contributed by atoms with E-state index in [1.165, 1.54) is 0 Å². The van der Waals surface area contributed by atoms with Crippen molar-refractivity contribution in [3.63, 3.8) is 0 Å². The first-order valence-electron chi connectivity index (χ1n) is 3.63. The topological polar surface area (TPSA) is 42.0 Å². The molecule has 1 heterocycles. The number of nitrogens with zero attached hydrogens (tertiary/aromatic N) is 1. The number of rotatable bonds is 2. The van der Waals surface area contributed by atoms with E-state index in [9.17, 15) is 4.79 Å². The van der Waals surface area contributed by atoms with Gasteiger partial charge < -0.3 is 5.32 Å². The Bertz CT molecular complexity index is 288. The van der Waals surface area contributed by atoms with Gasteiger partial charge in [0.25, 0.3) is 0 Å². The summed E-state index contributed by atoms with van der Waals surface area (Å²) in [6.07, 6.45) is 3.76. The van der Waals surface area contributed by atoms with E-state index < -0.39 is 0 Å². The maximum absolute atomic E-state index is 11.0. The fraction of sp³-hybridized carbons (Fsp3) is 0.250. The minimum Gasteiger partial charge on any atom is -0.325 e. The summed E-state index contributed by atoms with van der Waals surface area (Å²) in [6, 6.07) is 1.75. The molecule has 0 atom stereocenters. The first-order valence-corrected chi connectivity index (χ1v) is 4.42. The van der Waals surface area contributed by atoms with Crippen molar-refractivity contribution in [3.8, 4) is 0 Å². The van der Waals surface area contributed by atoms with Gasteiger partial charge >= 0.3 is 0 Å². The van der Waals surface area contributed by atoms with Crippen molar-refractivity contribution in [1.82, 2.24) is 4.98 Å². The van der Waals surface area contributed by atoms with Gasteiger partial charge in [0.05, 0.1) is 10.2 Å². The molecule has 0 aliphatic carbocycles. The number of amides is 1. The van der Waals surface area contributed by atoms with Gasteiger partial charge in [-0.05, 0) is 22.0 Å². The molecule has 1 aromatic rings. The first kappa shape index (κ1) is 9.19. The average molecular weight is 229 g/mol. The van der Waals surface area contributed by atoms with Crippen LogP contribution in [-0.4, -0.2) is 10.9 Å². The highest BCUT2D eigenvalue weighted by atomic mass is 79.9. The molecule has 0 saturated carbocycles. The molecule has 1 amide bonds. The smallest absolute Gasteiger partial charge is 0.224 e. The zero-order valence-corrected chi connectivity index (χ0v) is 8.26. The minimum atomic E-state index is 0.00176. The molecule has 0 bridgehead atoms. The normalized spacial score (nSPS) is 9.50. The van der Waals surface area contributed by atoms with Crippen LogP contribution >= 0.6 is 15.9 Å². The molecule has 0 aromatic carbocycles. The second-order valence-corrected chi connectivity index (χ2v) is 3.11. The summed E-state index contributed by atoms with van der Waals surface area (Å²) in [7, 11) is 0. The zero-order valence-electron chi connectivity index (χ0n) is 6.67. The highest BCUT2D eigenvalue weighted by Crippen LogP contribution is 2.19. The molecule has 0 aliphatic rings. The molecule has 0 saturated heterocycles. The van der Waals surface area contributed by atoms with Gasteiger partial charge in [-0.1, -0.05) is 6.92 Å². The second kappa shape index (κ2) is 4.21. The van der Waals surface area contributed by atoms with Crippen molar-refractivity contribution in [2.75, 3.05) is 5.32 Å². The van der Waals surface area contributed by atoms with Crippen LogP contribution in [0.4, 0.5) is 5.69 Å². The number of aromatic nitrogens is 1. The van der Waals surface area contributed by atoms with Crippen LogP contribution in [0.5, 0.6) is 0 Å². The fourth-order valence-corrected chi connectivity index (χ4v) is 1.06. The van der Waals surface area contributed by atoms with Crippen LogP contribution in [0.1, 0.15) is 13.3 Å².